The third kappa shape index (κ3) is 4.63. The Kier molecular flexibility index (Phi) is 5.96. The summed E-state index contributed by atoms with van der Waals surface area (Å²) in [4.78, 5) is 24.3. The number of amides is 1. The fourth-order valence-electron chi connectivity index (χ4n) is 1.92. The summed E-state index contributed by atoms with van der Waals surface area (Å²) in [6, 6.07) is 7.43. The first-order chi connectivity index (χ1) is 9.86. The van der Waals surface area contributed by atoms with Crippen LogP contribution in [0.2, 0.25) is 0 Å². The third-order valence-electron chi connectivity index (χ3n) is 3.22. The largest absolute Gasteiger partial charge is 0.496 e. The summed E-state index contributed by atoms with van der Waals surface area (Å²) in [6.45, 7) is 3.57. The van der Waals surface area contributed by atoms with Crippen LogP contribution in [0.4, 0.5) is 0 Å². The molecule has 21 heavy (non-hydrogen) atoms. The number of carbonyl (C=O) groups excluding carboxylic acids is 1. The van der Waals surface area contributed by atoms with E-state index in [1.54, 1.807) is 21.1 Å². The van der Waals surface area contributed by atoms with Gasteiger partial charge in [-0.1, -0.05) is 25.1 Å². The Morgan fingerprint density at radius 3 is 2.57 bits per heavy atom. The molecule has 114 valence electrons. The molecule has 0 spiro atoms. The van der Waals surface area contributed by atoms with Gasteiger partial charge >= 0.3 is 5.97 Å². The van der Waals surface area contributed by atoms with Crippen LogP contribution in [0.5, 0.6) is 5.75 Å². The molecule has 5 heteroatoms. The van der Waals surface area contributed by atoms with Crippen molar-refractivity contribution < 1.29 is 19.4 Å². The smallest absolute Gasteiger partial charge is 0.308 e. The molecule has 0 saturated carbocycles. The maximum absolute atomic E-state index is 12.1. The van der Waals surface area contributed by atoms with E-state index < -0.39 is 11.9 Å². The summed E-state index contributed by atoms with van der Waals surface area (Å²) < 4.78 is 5.26. The quantitative estimate of drug-likeness (QED) is 0.817. The fourth-order valence-corrected chi connectivity index (χ4v) is 1.92. The maximum Gasteiger partial charge on any atom is 0.308 e. The van der Waals surface area contributed by atoms with E-state index in [2.05, 4.69) is 0 Å². The zero-order valence-corrected chi connectivity index (χ0v) is 12.8. The molecule has 0 saturated heterocycles. The van der Waals surface area contributed by atoms with Gasteiger partial charge in [0.1, 0.15) is 5.75 Å². The molecule has 1 atom stereocenters. The molecule has 0 aliphatic rings. The van der Waals surface area contributed by atoms with E-state index >= 15 is 0 Å². The molecule has 0 fully saturated rings. The van der Waals surface area contributed by atoms with E-state index in [4.69, 9.17) is 9.84 Å². The minimum absolute atomic E-state index is 0.171. The molecule has 0 radical (unpaired) electrons. The van der Waals surface area contributed by atoms with E-state index in [-0.39, 0.29) is 12.5 Å². The van der Waals surface area contributed by atoms with Crippen molar-refractivity contribution in [1.82, 2.24) is 4.90 Å². The Bertz CT molecular complexity index is 551. The van der Waals surface area contributed by atoms with E-state index in [0.29, 0.717) is 5.75 Å². The van der Waals surface area contributed by atoms with Crippen LogP contribution in [0.3, 0.4) is 0 Å². The molecule has 0 bridgehead atoms. The fraction of sp³-hybridized carbons (Fsp3) is 0.375. The predicted molar refractivity (Wildman–Crippen MR) is 81.1 cm³/mol. The zero-order valence-electron chi connectivity index (χ0n) is 12.8. The monoisotopic (exact) mass is 291 g/mol. The van der Waals surface area contributed by atoms with Gasteiger partial charge in [0.2, 0.25) is 5.91 Å². The first-order valence-electron chi connectivity index (χ1n) is 6.66. The molecular formula is C16H21NO4. The van der Waals surface area contributed by atoms with Gasteiger partial charge in [0.05, 0.1) is 13.0 Å². The second kappa shape index (κ2) is 7.47. The van der Waals surface area contributed by atoms with Gasteiger partial charge in [-0.25, -0.2) is 0 Å². The second-order valence-corrected chi connectivity index (χ2v) is 4.99. The second-order valence-electron chi connectivity index (χ2n) is 4.99. The van der Waals surface area contributed by atoms with Crippen LogP contribution in [0.1, 0.15) is 19.4 Å². The highest BCUT2D eigenvalue weighted by atomic mass is 16.5. The van der Waals surface area contributed by atoms with Crippen molar-refractivity contribution in [1.29, 1.82) is 0 Å². The van der Waals surface area contributed by atoms with Gasteiger partial charge in [-0.3, -0.25) is 9.59 Å². The van der Waals surface area contributed by atoms with E-state index in [1.165, 1.54) is 11.0 Å². The van der Waals surface area contributed by atoms with Gasteiger partial charge in [-0.15, -0.1) is 0 Å². The lowest BCUT2D eigenvalue weighted by atomic mass is 10.1. The molecule has 1 unspecified atom stereocenters. The molecular weight excluding hydrogens is 270 g/mol. The van der Waals surface area contributed by atoms with Gasteiger partial charge < -0.3 is 14.7 Å². The lowest BCUT2D eigenvalue weighted by molar-refractivity contribution is -0.142. The number of benzene rings is 1. The molecule has 0 aliphatic heterocycles. The van der Waals surface area contributed by atoms with Crippen LogP contribution in [0.25, 0.3) is 5.57 Å². The summed E-state index contributed by atoms with van der Waals surface area (Å²) >= 11 is 0. The van der Waals surface area contributed by atoms with Crippen LogP contribution < -0.4 is 4.74 Å². The third-order valence-corrected chi connectivity index (χ3v) is 3.22. The van der Waals surface area contributed by atoms with Crippen LogP contribution >= 0.6 is 0 Å². The molecule has 1 aromatic carbocycles. The molecule has 0 aromatic heterocycles. The molecule has 5 nitrogen and oxygen atoms in total. The van der Waals surface area contributed by atoms with Crippen LogP contribution in [0.15, 0.2) is 30.3 Å². The minimum Gasteiger partial charge on any atom is -0.496 e. The molecule has 0 heterocycles. The average molecular weight is 291 g/mol. The zero-order chi connectivity index (χ0) is 16.0. The van der Waals surface area contributed by atoms with E-state index in [1.807, 2.05) is 31.2 Å². The van der Waals surface area contributed by atoms with Crippen molar-refractivity contribution in [3.05, 3.63) is 35.9 Å². The number of carbonyl (C=O) groups is 2. The maximum atomic E-state index is 12.1. The van der Waals surface area contributed by atoms with Gasteiger partial charge in [0, 0.05) is 25.2 Å². The number of carboxylic acid groups (broad SMARTS) is 1. The molecule has 1 rings (SSSR count). The topological polar surface area (TPSA) is 66.8 Å². The van der Waals surface area contributed by atoms with Gasteiger partial charge in [0.25, 0.3) is 0 Å². The Morgan fingerprint density at radius 2 is 2.00 bits per heavy atom. The van der Waals surface area contributed by atoms with Gasteiger partial charge in [0.15, 0.2) is 0 Å². The minimum atomic E-state index is -0.917. The number of nitrogens with zero attached hydrogens (tertiary/aromatic N) is 1. The summed E-state index contributed by atoms with van der Waals surface area (Å²) in [5, 5.41) is 8.87. The van der Waals surface area contributed by atoms with Crippen molar-refractivity contribution >= 4 is 17.4 Å². The number of ether oxygens (including phenoxy) is 1. The first-order valence-corrected chi connectivity index (χ1v) is 6.66. The normalized spacial score (nSPS) is 12.7. The number of likely N-dealkylation sites (N-methyl/N-ethyl adjacent to an activating group) is 1. The van der Waals surface area contributed by atoms with Crippen LogP contribution in [-0.4, -0.2) is 42.6 Å². The van der Waals surface area contributed by atoms with Crippen molar-refractivity contribution in [2.75, 3.05) is 20.7 Å². The number of rotatable bonds is 6. The van der Waals surface area contributed by atoms with Gasteiger partial charge in [-0.05, 0) is 18.6 Å². The number of hydrogen-bond donors (Lipinski definition) is 1. The van der Waals surface area contributed by atoms with Crippen molar-refractivity contribution in [2.45, 2.75) is 13.8 Å². The SMILES string of the molecule is COc1ccccc1C(C)=CC(=O)N(C)CC(C)C(=O)O. The van der Waals surface area contributed by atoms with E-state index in [0.717, 1.165) is 11.1 Å². The van der Waals surface area contributed by atoms with Crippen molar-refractivity contribution in [3.8, 4) is 5.75 Å². The van der Waals surface area contributed by atoms with E-state index in [9.17, 15) is 9.59 Å². The van der Waals surface area contributed by atoms with Gasteiger partial charge in [-0.2, -0.15) is 0 Å². The Hall–Kier alpha value is -2.30. The highest BCUT2D eigenvalue weighted by Crippen LogP contribution is 2.25. The number of para-hydroxylation sites is 1. The van der Waals surface area contributed by atoms with Crippen LogP contribution in [0, 0.1) is 5.92 Å². The standard InChI is InChI=1S/C16H21NO4/c1-11(13-7-5-6-8-14(13)21-4)9-15(18)17(3)10-12(2)16(19)20/h5-9,12H,10H2,1-4H3,(H,19,20). The number of aliphatic carboxylic acids is 1. The predicted octanol–water partition coefficient (Wildman–Crippen LogP) is 2.28. The Labute approximate surface area is 124 Å². The summed E-state index contributed by atoms with van der Waals surface area (Å²) in [6.07, 6.45) is 1.49. The summed E-state index contributed by atoms with van der Waals surface area (Å²) in [7, 11) is 3.17. The molecule has 0 aliphatic carbocycles. The average Bonchev–Trinajstić information content (AvgIpc) is 2.46. The number of carboxylic acids is 1. The molecule has 1 amide bonds. The summed E-state index contributed by atoms with van der Waals surface area (Å²) in [5.41, 5.74) is 1.61. The lowest BCUT2D eigenvalue weighted by Gasteiger charge is -2.18. The summed E-state index contributed by atoms with van der Waals surface area (Å²) in [5.74, 6) is -1.05. The Morgan fingerprint density at radius 1 is 1.38 bits per heavy atom. The number of allylic oxidation sites excluding steroid dienone is 1. The highest BCUT2D eigenvalue weighted by molar-refractivity contribution is 5.95. The Balaban J connectivity index is 2.86. The lowest BCUT2D eigenvalue weighted by Crippen LogP contribution is -2.32. The molecule has 1 N–H and O–H groups in total. The van der Waals surface area contributed by atoms with Crippen LogP contribution in [-0.2, 0) is 9.59 Å². The van der Waals surface area contributed by atoms with Crippen molar-refractivity contribution in [3.63, 3.8) is 0 Å². The first kappa shape index (κ1) is 16.8. The molecule has 1 aromatic rings. The van der Waals surface area contributed by atoms with Crippen molar-refractivity contribution in [2.24, 2.45) is 5.92 Å². The number of methoxy groups -OCH3 is 1. The highest BCUT2D eigenvalue weighted by Gasteiger charge is 2.16. The number of hydrogen-bond acceptors (Lipinski definition) is 3.